The van der Waals surface area contributed by atoms with Gasteiger partial charge in [0.2, 0.25) is 11.8 Å². The summed E-state index contributed by atoms with van der Waals surface area (Å²) < 4.78 is 0. The first-order valence-electron chi connectivity index (χ1n) is 8.56. The van der Waals surface area contributed by atoms with Crippen LogP contribution in [0.15, 0.2) is 54.6 Å². The number of amides is 2. The van der Waals surface area contributed by atoms with Crippen LogP contribution in [0.5, 0.6) is 0 Å². The fourth-order valence-corrected chi connectivity index (χ4v) is 2.76. The first kappa shape index (κ1) is 18.5. The average Bonchev–Trinajstić information content (AvgIpc) is 2.60. The maximum atomic E-state index is 11.9. The highest BCUT2D eigenvalue weighted by Gasteiger charge is 2.17. The van der Waals surface area contributed by atoms with E-state index in [1.807, 2.05) is 42.5 Å². The molecular weight excluding hydrogens is 314 g/mol. The number of carbonyl (C=O) groups is 2. The van der Waals surface area contributed by atoms with Crippen LogP contribution in [0.3, 0.4) is 0 Å². The molecule has 0 saturated heterocycles. The number of primary amides is 1. The van der Waals surface area contributed by atoms with E-state index in [0.29, 0.717) is 18.5 Å². The molecule has 0 fully saturated rings. The van der Waals surface area contributed by atoms with Crippen LogP contribution in [0.1, 0.15) is 43.6 Å². The van der Waals surface area contributed by atoms with Gasteiger partial charge in [-0.05, 0) is 42.7 Å². The molecule has 2 amide bonds. The van der Waals surface area contributed by atoms with Gasteiger partial charge in [0, 0.05) is 17.8 Å². The summed E-state index contributed by atoms with van der Waals surface area (Å²) in [4.78, 5) is 23.6. The van der Waals surface area contributed by atoms with Gasteiger partial charge in [0.1, 0.15) is 0 Å². The third-order valence-electron chi connectivity index (χ3n) is 4.14. The molecule has 0 aliphatic rings. The second-order valence-electron chi connectivity index (χ2n) is 6.14. The number of anilines is 2. The summed E-state index contributed by atoms with van der Waals surface area (Å²) in [5, 5.41) is 2.87. The maximum Gasteiger partial charge on any atom is 0.224 e. The normalized spacial score (nSPS) is 11.7. The van der Waals surface area contributed by atoms with Crippen molar-refractivity contribution in [1.82, 2.24) is 0 Å². The van der Waals surface area contributed by atoms with Crippen molar-refractivity contribution in [3.63, 3.8) is 0 Å². The summed E-state index contributed by atoms with van der Waals surface area (Å²) in [6.07, 6.45) is 3.65. The van der Waals surface area contributed by atoms with Crippen LogP contribution in [0, 0.1) is 0 Å². The van der Waals surface area contributed by atoms with Crippen LogP contribution in [0.4, 0.5) is 11.4 Å². The van der Waals surface area contributed by atoms with Gasteiger partial charge in [-0.1, -0.05) is 43.2 Å². The molecule has 0 saturated carbocycles. The molecule has 0 spiro atoms. The molecule has 1 unspecified atom stereocenters. The Hall–Kier alpha value is -2.82. The Bertz CT molecular complexity index is 684. The van der Waals surface area contributed by atoms with Gasteiger partial charge in [-0.25, -0.2) is 0 Å². The zero-order valence-electron chi connectivity index (χ0n) is 14.3. The minimum atomic E-state index is -0.327. The Labute approximate surface area is 148 Å². The molecule has 0 bridgehead atoms. The first-order valence-corrected chi connectivity index (χ1v) is 8.56. The molecule has 25 heavy (non-hydrogen) atoms. The molecular formula is C20H25N3O2. The Morgan fingerprint density at radius 1 is 0.920 bits per heavy atom. The average molecular weight is 339 g/mol. The number of para-hydroxylation sites is 1. The molecule has 5 N–H and O–H groups in total. The second-order valence-corrected chi connectivity index (χ2v) is 6.14. The molecule has 0 aliphatic carbocycles. The third kappa shape index (κ3) is 6.30. The lowest BCUT2D eigenvalue weighted by atomic mass is 9.92. The van der Waals surface area contributed by atoms with Gasteiger partial charge in [0.15, 0.2) is 0 Å². The number of rotatable bonds is 9. The Morgan fingerprint density at radius 2 is 1.60 bits per heavy atom. The summed E-state index contributed by atoms with van der Waals surface area (Å²) >= 11 is 0. The smallest absolute Gasteiger partial charge is 0.224 e. The van der Waals surface area contributed by atoms with E-state index in [4.69, 9.17) is 11.5 Å². The van der Waals surface area contributed by atoms with Gasteiger partial charge >= 0.3 is 0 Å². The Morgan fingerprint density at radius 3 is 2.24 bits per heavy atom. The quantitative estimate of drug-likeness (QED) is 0.482. The van der Waals surface area contributed by atoms with E-state index in [2.05, 4.69) is 5.32 Å². The number of nitrogen functional groups attached to an aromatic ring is 1. The number of benzene rings is 2. The van der Waals surface area contributed by atoms with E-state index >= 15 is 0 Å². The summed E-state index contributed by atoms with van der Waals surface area (Å²) in [5.74, 6) is -0.624. The SMILES string of the molecule is NC(=O)C(CCCCCC(=O)Nc1ccccc1)c1ccc(N)cc1. The lowest BCUT2D eigenvalue weighted by Gasteiger charge is -2.14. The number of hydrogen-bond donors (Lipinski definition) is 3. The molecule has 2 aromatic carbocycles. The van der Waals surface area contributed by atoms with Crippen LogP contribution in [0.25, 0.3) is 0 Å². The highest BCUT2D eigenvalue weighted by Crippen LogP contribution is 2.23. The minimum absolute atomic E-state index is 0.0104. The standard InChI is InChI=1S/C20H25N3O2/c21-16-13-11-15(12-14-16)18(20(22)25)9-5-2-6-10-19(24)23-17-7-3-1-4-8-17/h1,3-4,7-8,11-14,18H,2,5-6,9-10,21H2,(H2,22,25)(H,23,24). The number of nitrogens with two attached hydrogens (primary N) is 2. The lowest BCUT2D eigenvalue weighted by molar-refractivity contribution is -0.119. The van der Waals surface area contributed by atoms with Gasteiger partial charge in [0.25, 0.3) is 0 Å². The van der Waals surface area contributed by atoms with Gasteiger partial charge in [-0.2, -0.15) is 0 Å². The number of hydrogen-bond acceptors (Lipinski definition) is 3. The number of nitrogens with one attached hydrogen (secondary N) is 1. The Balaban J connectivity index is 1.71. The van der Waals surface area contributed by atoms with Crippen LogP contribution in [0.2, 0.25) is 0 Å². The van der Waals surface area contributed by atoms with E-state index in [1.54, 1.807) is 12.1 Å². The van der Waals surface area contributed by atoms with Gasteiger partial charge in [-0.3, -0.25) is 9.59 Å². The summed E-state index contributed by atoms with van der Waals surface area (Å²) in [6, 6.07) is 16.7. The molecule has 2 rings (SSSR count). The molecule has 132 valence electrons. The van der Waals surface area contributed by atoms with Crippen molar-refractivity contribution in [2.75, 3.05) is 11.1 Å². The van der Waals surface area contributed by atoms with Gasteiger partial charge in [0.05, 0.1) is 5.92 Å². The van der Waals surface area contributed by atoms with E-state index < -0.39 is 0 Å². The molecule has 0 aliphatic heterocycles. The molecule has 5 heteroatoms. The van der Waals surface area contributed by atoms with Crippen molar-refractivity contribution in [3.05, 3.63) is 60.2 Å². The fourth-order valence-electron chi connectivity index (χ4n) is 2.76. The third-order valence-corrected chi connectivity index (χ3v) is 4.14. The highest BCUT2D eigenvalue weighted by atomic mass is 16.2. The van der Waals surface area contributed by atoms with E-state index in [-0.39, 0.29) is 17.7 Å². The number of carbonyl (C=O) groups excluding carboxylic acids is 2. The fraction of sp³-hybridized carbons (Fsp3) is 0.300. The molecule has 5 nitrogen and oxygen atoms in total. The topological polar surface area (TPSA) is 98.2 Å². The maximum absolute atomic E-state index is 11.9. The highest BCUT2D eigenvalue weighted by molar-refractivity contribution is 5.90. The van der Waals surface area contributed by atoms with E-state index in [0.717, 1.165) is 30.5 Å². The number of unbranched alkanes of at least 4 members (excludes halogenated alkanes) is 2. The predicted octanol–water partition coefficient (Wildman–Crippen LogP) is 3.43. The summed E-state index contributed by atoms with van der Waals surface area (Å²) in [6.45, 7) is 0. The molecule has 0 radical (unpaired) electrons. The summed E-state index contributed by atoms with van der Waals surface area (Å²) in [7, 11) is 0. The van der Waals surface area contributed by atoms with Gasteiger partial charge < -0.3 is 16.8 Å². The molecule has 1 atom stereocenters. The van der Waals surface area contributed by atoms with E-state index in [9.17, 15) is 9.59 Å². The van der Waals surface area contributed by atoms with Crippen LogP contribution >= 0.6 is 0 Å². The monoisotopic (exact) mass is 339 g/mol. The van der Waals surface area contributed by atoms with Gasteiger partial charge in [-0.15, -0.1) is 0 Å². The van der Waals surface area contributed by atoms with Crippen molar-refractivity contribution in [1.29, 1.82) is 0 Å². The van der Waals surface area contributed by atoms with Crippen LogP contribution in [-0.2, 0) is 9.59 Å². The van der Waals surface area contributed by atoms with E-state index in [1.165, 1.54) is 0 Å². The summed E-state index contributed by atoms with van der Waals surface area (Å²) in [5.41, 5.74) is 13.6. The molecule has 2 aromatic rings. The second kappa shape index (κ2) is 9.47. The van der Waals surface area contributed by atoms with Crippen LogP contribution in [-0.4, -0.2) is 11.8 Å². The lowest BCUT2D eigenvalue weighted by Crippen LogP contribution is -2.21. The van der Waals surface area contributed by atoms with Crippen molar-refractivity contribution >= 4 is 23.2 Å². The minimum Gasteiger partial charge on any atom is -0.399 e. The van der Waals surface area contributed by atoms with Crippen LogP contribution < -0.4 is 16.8 Å². The van der Waals surface area contributed by atoms with Crippen molar-refractivity contribution in [3.8, 4) is 0 Å². The molecule has 0 aromatic heterocycles. The van der Waals surface area contributed by atoms with Crippen molar-refractivity contribution in [2.45, 2.75) is 38.0 Å². The van der Waals surface area contributed by atoms with Crippen molar-refractivity contribution in [2.24, 2.45) is 5.73 Å². The zero-order chi connectivity index (χ0) is 18.1. The molecule has 0 heterocycles. The Kier molecular flexibility index (Phi) is 7.01. The largest absolute Gasteiger partial charge is 0.399 e. The predicted molar refractivity (Wildman–Crippen MR) is 101 cm³/mol. The first-order chi connectivity index (χ1) is 12.1. The van der Waals surface area contributed by atoms with Crippen molar-refractivity contribution < 1.29 is 9.59 Å². The zero-order valence-corrected chi connectivity index (χ0v) is 14.3.